The van der Waals surface area contributed by atoms with Gasteiger partial charge in [0.15, 0.2) is 0 Å². The van der Waals surface area contributed by atoms with Crippen LogP contribution in [0.1, 0.15) is 31.9 Å². The van der Waals surface area contributed by atoms with Crippen molar-refractivity contribution >= 4 is 12.0 Å². The first kappa shape index (κ1) is 22.3. The Balaban J connectivity index is 2.00. The third kappa shape index (κ3) is 7.86. The van der Waals surface area contributed by atoms with Gasteiger partial charge in [0.1, 0.15) is 17.4 Å². The highest BCUT2D eigenvalue weighted by Crippen LogP contribution is 2.17. The van der Waals surface area contributed by atoms with Gasteiger partial charge in [-0.25, -0.2) is 4.79 Å². The SMILES string of the molecule is COc1ccccc1CCNC(=O)C(Cc1ccccc1)NC(=O)OC(C)(C)C. The second-order valence-electron chi connectivity index (χ2n) is 7.74. The molecule has 0 saturated heterocycles. The summed E-state index contributed by atoms with van der Waals surface area (Å²) in [7, 11) is 1.62. The second kappa shape index (κ2) is 10.5. The molecule has 29 heavy (non-hydrogen) atoms. The fourth-order valence-electron chi connectivity index (χ4n) is 2.86. The van der Waals surface area contributed by atoms with Crippen LogP contribution in [-0.2, 0) is 22.4 Å². The van der Waals surface area contributed by atoms with Gasteiger partial charge in [-0.15, -0.1) is 0 Å². The summed E-state index contributed by atoms with van der Waals surface area (Å²) in [6.07, 6.45) is 0.388. The van der Waals surface area contributed by atoms with E-state index in [2.05, 4.69) is 10.6 Å². The lowest BCUT2D eigenvalue weighted by molar-refractivity contribution is -0.123. The molecule has 6 nitrogen and oxygen atoms in total. The van der Waals surface area contributed by atoms with Gasteiger partial charge in [-0.05, 0) is 44.4 Å². The van der Waals surface area contributed by atoms with E-state index in [1.165, 1.54) is 0 Å². The van der Waals surface area contributed by atoms with Crippen molar-refractivity contribution in [2.24, 2.45) is 0 Å². The third-order valence-electron chi connectivity index (χ3n) is 4.18. The summed E-state index contributed by atoms with van der Waals surface area (Å²) in [6, 6.07) is 16.5. The Kier molecular flexibility index (Phi) is 8.07. The lowest BCUT2D eigenvalue weighted by atomic mass is 10.1. The van der Waals surface area contributed by atoms with Crippen molar-refractivity contribution in [2.75, 3.05) is 13.7 Å². The molecule has 2 amide bonds. The molecular weight excluding hydrogens is 368 g/mol. The van der Waals surface area contributed by atoms with Crippen LogP contribution >= 0.6 is 0 Å². The molecule has 2 aromatic carbocycles. The van der Waals surface area contributed by atoms with Crippen molar-refractivity contribution in [3.63, 3.8) is 0 Å². The number of carbonyl (C=O) groups excluding carboxylic acids is 2. The van der Waals surface area contributed by atoms with E-state index in [4.69, 9.17) is 9.47 Å². The zero-order valence-corrected chi connectivity index (χ0v) is 17.5. The van der Waals surface area contributed by atoms with Gasteiger partial charge >= 0.3 is 6.09 Å². The molecule has 0 aliphatic carbocycles. The molecule has 0 aromatic heterocycles. The van der Waals surface area contributed by atoms with Crippen molar-refractivity contribution in [2.45, 2.75) is 45.3 Å². The predicted octanol–water partition coefficient (Wildman–Crippen LogP) is 3.49. The monoisotopic (exact) mass is 398 g/mol. The van der Waals surface area contributed by atoms with Gasteiger partial charge < -0.3 is 20.1 Å². The standard InChI is InChI=1S/C23H30N2O4/c1-23(2,3)29-22(27)25-19(16-17-10-6-5-7-11-17)21(26)24-15-14-18-12-8-9-13-20(18)28-4/h5-13,19H,14-16H2,1-4H3,(H,24,26)(H,25,27). The number of nitrogens with one attached hydrogen (secondary N) is 2. The molecule has 2 N–H and O–H groups in total. The summed E-state index contributed by atoms with van der Waals surface area (Å²) >= 11 is 0. The van der Waals surface area contributed by atoms with E-state index in [0.717, 1.165) is 16.9 Å². The Hall–Kier alpha value is -3.02. The predicted molar refractivity (Wildman–Crippen MR) is 113 cm³/mol. The van der Waals surface area contributed by atoms with Crippen LogP contribution in [0.25, 0.3) is 0 Å². The summed E-state index contributed by atoms with van der Waals surface area (Å²) in [5, 5.41) is 5.60. The second-order valence-corrected chi connectivity index (χ2v) is 7.74. The van der Waals surface area contributed by atoms with E-state index in [-0.39, 0.29) is 5.91 Å². The zero-order valence-electron chi connectivity index (χ0n) is 17.5. The topological polar surface area (TPSA) is 76.7 Å². The van der Waals surface area contributed by atoms with Gasteiger partial charge in [0, 0.05) is 13.0 Å². The van der Waals surface area contributed by atoms with Crippen LogP contribution in [0.15, 0.2) is 54.6 Å². The zero-order chi connectivity index (χ0) is 21.3. The molecule has 0 saturated carbocycles. The summed E-state index contributed by atoms with van der Waals surface area (Å²) in [6.45, 7) is 5.78. The molecule has 156 valence electrons. The van der Waals surface area contributed by atoms with Crippen LogP contribution in [0, 0.1) is 0 Å². The number of alkyl carbamates (subject to hydrolysis) is 1. The summed E-state index contributed by atoms with van der Waals surface area (Å²) in [4.78, 5) is 25.0. The Morgan fingerprint density at radius 3 is 2.31 bits per heavy atom. The molecule has 0 fully saturated rings. The first-order chi connectivity index (χ1) is 13.8. The fraction of sp³-hybridized carbons (Fsp3) is 0.391. The first-order valence-corrected chi connectivity index (χ1v) is 9.71. The van der Waals surface area contributed by atoms with E-state index in [1.807, 2.05) is 54.6 Å². The normalized spacial score (nSPS) is 12.0. The van der Waals surface area contributed by atoms with Gasteiger partial charge in [0.2, 0.25) is 5.91 Å². The molecule has 0 aliphatic heterocycles. The molecule has 1 atom stereocenters. The van der Waals surface area contributed by atoms with Crippen LogP contribution in [0.4, 0.5) is 4.79 Å². The van der Waals surface area contributed by atoms with E-state index in [0.29, 0.717) is 19.4 Å². The van der Waals surface area contributed by atoms with Crippen molar-refractivity contribution in [3.05, 3.63) is 65.7 Å². The lowest BCUT2D eigenvalue weighted by Gasteiger charge is -2.23. The molecule has 2 aromatic rings. The summed E-state index contributed by atoms with van der Waals surface area (Å²) in [5.74, 6) is 0.532. The quantitative estimate of drug-likeness (QED) is 0.714. The summed E-state index contributed by atoms with van der Waals surface area (Å²) < 4.78 is 10.7. The largest absolute Gasteiger partial charge is 0.496 e. The molecule has 0 radical (unpaired) electrons. The average molecular weight is 399 g/mol. The van der Waals surface area contributed by atoms with Crippen LogP contribution in [0.3, 0.4) is 0 Å². The maximum Gasteiger partial charge on any atom is 0.408 e. The molecule has 1 unspecified atom stereocenters. The number of hydrogen-bond acceptors (Lipinski definition) is 4. The third-order valence-corrected chi connectivity index (χ3v) is 4.18. The maximum absolute atomic E-state index is 12.8. The van der Waals surface area contributed by atoms with Crippen molar-refractivity contribution < 1.29 is 19.1 Å². The van der Waals surface area contributed by atoms with Gasteiger partial charge in [-0.3, -0.25) is 4.79 Å². The molecule has 6 heteroatoms. The highest BCUT2D eigenvalue weighted by molar-refractivity contribution is 5.86. The number of amides is 2. The van der Waals surface area contributed by atoms with Gasteiger partial charge in [-0.2, -0.15) is 0 Å². The Labute approximate surface area is 172 Å². The van der Waals surface area contributed by atoms with Gasteiger partial charge in [0.05, 0.1) is 7.11 Å². The van der Waals surface area contributed by atoms with E-state index < -0.39 is 17.7 Å². The molecule has 0 bridgehead atoms. The summed E-state index contributed by atoms with van der Waals surface area (Å²) in [5.41, 5.74) is 1.32. The van der Waals surface area contributed by atoms with Gasteiger partial charge in [0.25, 0.3) is 0 Å². The molecule has 0 spiro atoms. The number of benzene rings is 2. The minimum Gasteiger partial charge on any atom is -0.496 e. The fourth-order valence-corrected chi connectivity index (χ4v) is 2.86. The first-order valence-electron chi connectivity index (χ1n) is 9.71. The molecule has 2 rings (SSSR count). The average Bonchev–Trinajstić information content (AvgIpc) is 2.67. The van der Waals surface area contributed by atoms with Crippen molar-refractivity contribution in [1.29, 1.82) is 0 Å². The number of ether oxygens (including phenoxy) is 2. The van der Waals surface area contributed by atoms with Crippen LogP contribution in [0.2, 0.25) is 0 Å². The number of methoxy groups -OCH3 is 1. The van der Waals surface area contributed by atoms with Crippen LogP contribution in [0.5, 0.6) is 5.75 Å². The Bertz CT molecular complexity index is 800. The molecular formula is C23H30N2O4. The molecule has 0 heterocycles. The van der Waals surface area contributed by atoms with Crippen LogP contribution in [-0.4, -0.2) is 37.3 Å². The van der Waals surface area contributed by atoms with Crippen molar-refractivity contribution in [1.82, 2.24) is 10.6 Å². The molecule has 0 aliphatic rings. The maximum atomic E-state index is 12.8. The van der Waals surface area contributed by atoms with E-state index in [1.54, 1.807) is 27.9 Å². The number of hydrogen-bond donors (Lipinski definition) is 2. The van der Waals surface area contributed by atoms with Gasteiger partial charge in [-0.1, -0.05) is 48.5 Å². The Morgan fingerprint density at radius 2 is 1.66 bits per heavy atom. The van der Waals surface area contributed by atoms with Crippen LogP contribution < -0.4 is 15.4 Å². The number of rotatable bonds is 8. The Morgan fingerprint density at radius 1 is 1.00 bits per heavy atom. The minimum atomic E-state index is -0.732. The van der Waals surface area contributed by atoms with Crippen molar-refractivity contribution in [3.8, 4) is 5.75 Å². The lowest BCUT2D eigenvalue weighted by Crippen LogP contribution is -2.49. The van der Waals surface area contributed by atoms with E-state index in [9.17, 15) is 9.59 Å². The number of carbonyl (C=O) groups is 2. The highest BCUT2D eigenvalue weighted by Gasteiger charge is 2.24. The minimum absolute atomic E-state index is 0.255. The van der Waals surface area contributed by atoms with E-state index >= 15 is 0 Å². The highest BCUT2D eigenvalue weighted by atomic mass is 16.6. The number of para-hydroxylation sites is 1. The smallest absolute Gasteiger partial charge is 0.408 e.